The van der Waals surface area contributed by atoms with Crippen molar-refractivity contribution in [3.8, 4) is 0 Å². The Morgan fingerprint density at radius 2 is 1.94 bits per heavy atom. The van der Waals surface area contributed by atoms with Gasteiger partial charge < -0.3 is 5.32 Å². The normalized spacial score (nSPS) is 28.3. The molecule has 1 fully saturated rings. The lowest BCUT2D eigenvalue weighted by Crippen LogP contribution is -2.42. The van der Waals surface area contributed by atoms with Crippen molar-refractivity contribution in [1.82, 2.24) is 5.32 Å². The van der Waals surface area contributed by atoms with Crippen LogP contribution in [0.25, 0.3) is 0 Å². The number of hydrogen-bond acceptors (Lipinski definition) is 2. The molecule has 2 heteroatoms. The molecule has 1 N–H and O–H groups in total. The van der Waals surface area contributed by atoms with Gasteiger partial charge in [0, 0.05) is 16.2 Å². The van der Waals surface area contributed by atoms with E-state index in [0.29, 0.717) is 6.04 Å². The van der Waals surface area contributed by atoms with Gasteiger partial charge in [-0.05, 0) is 50.8 Å². The molecule has 1 saturated carbocycles. The minimum Gasteiger partial charge on any atom is -0.313 e. The molecule has 100 valence electrons. The molecule has 0 radical (unpaired) electrons. The summed E-state index contributed by atoms with van der Waals surface area (Å²) >= 11 is 2.06. The molecule has 3 unspecified atom stereocenters. The second-order valence-corrected chi connectivity index (χ2v) is 6.86. The Morgan fingerprint density at radius 3 is 2.61 bits per heavy atom. The van der Waals surface area contributed by atoms with E-state index < -0.39 is 0 Å². The fourth-order valence-corrected chi connectivity index (χ4v) is 4.21. The third-order valence-corrected chi connectivity index (χ3v) is 5.20. The molecule has 0 aromatic heterocycles. The summed E-state index contributed by atoms with van der Waals surface area (Å²) in [6, 6.07) is 9.66. The predicted molar refractivity (Wildman–Crippen MR) is 81.3 cm³/mol. The van der Waals surface area contributed by atoms with Crippen LogP contribution < -0.4 is 5.32 Å². The summed E-state index contributed by atoms with van der Waals surface area (Å²) in [6.45, 7) is 7.85. The Morgan fingerprint density at radius 1 is 1.22 bits per heavy atom. The predicted octanol–water partition coefficient (Wildman–Crippen LogP) is 4.25. The molecule has 0 saturated heterocycles. The molecule has 3 atom stereocenters. The van der Waals surface area contributed by atoms with Crippen molar-refractivity contribution < 1.29 is 0 Å². The molecule has 1 aromatic carbocycles. The summed E-state index contributed by atoms with van der Waals surface area (Å²) in [4.78, 5) is 1.42. The molecule has 0 amide bonds. The van der Waals surface area contributed by atoms with Crippen molar-refractivity contribution in [2.24, 2.45) is 5.92 Å². The number of thioether (sulfide) groups is 1. The third kappa shape index (κ3) is 3.76. The first-order chi connectivity index (χ1) is 8.69. The average Bonchev–Trinajstić information content (AvgIpc) is 2.36. The fraction of sp³-hybridized carbons (Fsp3) is 0.625. The van der Waals surface area contributed by atoms with Gasteiger partial charge in [-0.25, -0.2) is 0 Å². The quantitative estimate of drug-likeness (QED) is 0.871. The molecule has 0 aliphatic heterocycles. The zero-order valence-corrected chi connectivity index (χ0v) is 12.6. The van der Waals surface area contributed by atoms with Crippen LogP contribution in [0.15, 0.2) is 29.2 Å². The maximum Gasteiger partial charge on any atom is 0.0250 e. The summed E-state index contributed by atoms with van der Waals surface area (Å²) in [7, 11) is 0. The molecule has 2 rings (SSSR count). The summed E-state index contributed by atoms with van der Waals surface area (Å²) in [5, 5.41) is 4.40. The highest BCUT2D eigenvalue weighted by Crippen LogP contribution is 2.36. The number of rotatable bonds is 4. The highest BCUT2D eigenvalue weighted by molar-refractivity contribution is 8.00. The van der Waals surface area contributed by atoms with E-state index in [-0.39, 0.29) is 0 Å². The van der Waals surface area contributed by atoms with Crippen LogP contribution in [0.5, 0.6) is 0 Å². The molecule has 0 bridgehead atoms. The highest BCUT2D eigenvalue weighted by atomic mass is 32.2. The van der Waals surface area contributed by atoms with E-state index in [1.54, 1.807) is 0 Å². The van der Waals surface area contributed by atoms with Crippen molar-refractivity contribution in [3.05, 3.63) is 29.8 Å². The minimum absolute atomic E-state index is 0.692. The molecule has 0 heterocycles. The number of nitrogens with one attached hydrogen (secondary N) is 1. The maximum atomic E-state index is 3.67. The Kier molecular flexibility index (Phi) is 5.13. The highest BCUT2D eigenvalue weighted by Gasteiger charge is 2.28. The van der Waals surface area contributed by atoms with E-state index in [0.717, 1.165) is 17.7 Å². The van der Waals surface area contributed by atoms with Gasteiger partial charge in [-0.15, -0.1) is 11.8 Å². The maximum absolute atomic E-state index is 3.67. The second-order valence-electron chi connectivity index (χ2n) is 5.55. The van der Waals surface area contributed by atoms with Gasteiger partial charge in [-0.1, -0.05) is 31.5 Å². The van der Waals surface area contributed by atoms with Crippen LogP contribution in [-0.2, 0) is 0 Å². The molecule has 1 nitrogen and oxygen atoms in total. The van der Waals surface area contributed by atoms with E-state index in [9.17, 15) is 0 Å². The molecular weight excluding hydrogens is 238 g/mol. The number of benzene rings is 1. The van der Waals surface area contributed by atoms with Crippen LogP contribution in [0.1, 0.15) is 38.7 Å². The van der Waals surface area contributed by atoms with E-state index >= 15 is 0 Å². The molecule has 0 spiro atoms. The van der Waals surface area contributed by atoms with Gasteiger partial charge in [-0.3, -0.25) is 0 Å². The van der Waals surface area contributed by atoms with Gasteiger partial charge in [0.25, 0.3) is 0 Å². The molecular formula is C16H25NS. The lowest BCUT2D eigenvalue weighted by molar-refractivity contribution is 0.321. The Labute approximate surface area is 116 Å². The topological polar surface area (TPSA) is 12.0 Å². The lowest BCUT2D eigenvalue weighted by atomic mass is 9.87. The molecule has 1 aromatic rings. The van der Waals surface area contributed by atoms with Crippen molar-refractivity contribution >= 4 is 11.8 Å². The smallest absolute Gasteiger partial charge is 0.0250 e. The van der Waals surface area contributed by atoms with Crippen LogP contribution in [0.2, 0.25) is 0 Å². The molecule has 18 heavy (non-hydrogen) atoms. The first-order valence-corrected chi connectivity index (χ1v) is 8.03. The van der Waals surface area contributed by atoms with Gasteiger partial charge in [0.2, 0.25) is 0 Å². The first kappa shape index (κ1) is 14.0. The zero-order valence-electron chi connectivity index (χ0n) is 11.8. The zero-order chi connectivity index (χ0) is 13.0. The molecule has 1 aliphatic rings. The van der Waals surface area contributed by atoms with Crippen molar-refractivity contribution in [1.29, 1.82) is 0 Å². The van der Waals surface area contributed by atoms with Crippen LogP contribution in [-0.4, -0.2) is 17.8 Å². The van der Waals surface area contributed by atoms with Crippen molar-refractivity contribution in [2.45, 2.75) is 56.2 Å². The Bertz CT molecular complexity index is 360. The second kappa shape index (κ2) is 6.63. The van der Waals surface area contributed by atoms with E-state index in [1.807, 2.05) is 0 Å². The van der Waals surface area contributed by atoms with Gasteiger partial charge in [-0.2, -0.15) is 0 Å². The van der Waals surface area contributed by atoms with Crippen LogP contribution in [0.3, 0.4) is 0 Å². The van der Waals surface area contributed by atoms with Crippen molar-refractivity contribution in [2.75, 3.05) is 6.54 Å². The summed E-state index contributed by atoms with van der Waals surface area (Å²) in [6.07, 6.45) is 4.05. The summed E-state index contributed by atoms with van der Waals surface area (Å²) in [5.41, 5.74) is 1.35. The van der Waals surface area contributed by atoms with Gasteiger partial charge in [0.05, 0.1) is 0 Å². The SMILES string of the molecule is CCNC1CCC(C)CC1Sc1ccc(C)cc1. The molecule has 1 aliphatic carbocycles. The van der Waals surface area contributed by atoms with Gasteiger partial charge in [0.1, 0.15) is 0 Å². The first-order valence-electron chi connectivity index (χ1n) is 7.15. The average molecular weight is 263 g/mol. The lowest BCUT2D eigenvalue weighted by Gasteiger charge is -2.35. The number of aryl methyl sites for hydroxylation is 1. The van der Waals surface area contributed by atoms with E-state index in [2.05, 4.69) is 62.1 Å². The van der Waals surface area contributed by atoms with Crippen LogP contribution in [0.4, 0.5) is 0 Å². The largest absolute Gasteiger partial charge is 0.313 e. The van der Waals surface area contributed by atoms with E-state index in [4.69, 9.17) is 0 Å². The summed E-state index contributed by atoms with van der Waals surface area (Å²) in [5.74, 6) is 0.878. The fourth-order valence-electron chi connectivity index (χ4n) is 2.75. The third-order valence-electron chi connectivity index (χ3n) is 3.83. The standard InChI is InChI=1S/C16H25NS/c1-4-17-15-10-7-13(3)11-16(15)18-14-8-5-12(2)6-9-14/h5-6,8-9,13,15-17H,4,7,10-11H2,1-3H3. The van der Waals surface area contributed by atoms with Gasteiger partial charge in [0.15, 0.2) is 0 Å². The Balaban J connectivity index is 2.01. The van der Waals surface area contributed by atoms with Crippen LogP contribution >= 0.6 is 11.8 Å². The minimum atomic E-state index is 0.692. The monoisotopic (exact) mass is 263 g/mol. The Hall–Kier alpha value is -0.470. The van der Waals surface area contributed by atoms with Gasteiger partial charge >= 0.3 is 0 Å². The summed E-state index contributed by atoms with van der Waals surface area (Å²) < 4.78 is 0. The van der Waals surface area contributed by atoms with Crippen molar-refractivity contribution in [3.63, 3.8) is 0 Å². The van der Waals surface area contributed by atoms with E-state index in [1.165, 1.54) is 29.7 Å². The number of hydrogen-bond donors (Lipinski definition) is 1. The van der Waals surface area contributed by atoms with Crippen LogP contribution in [0, 0.1) is 12.8 Å².